The van der Waals surface area contributed by atoms with Crippen LogP contribution in [0, 0.1) is 13.8 Å². The highest BCUT2D eigenvalue weighted by Crippen LogP contribution is 2.30. The van der Waals surface area contributed by atoms with Crippen molar-refractivity contribution < 1.29 is 0 Å². The van der Waals surface area contributed by atoms with Gasteiger partial charge in [-0.3, -0.25) is 0 Å². The summed E-state index contributed by atoms with van der Waals surface area (Å²) >= 11 is 19.9. The van der Waals surface area contributed by atoms with Gasteiger partial charge in [0.05, 0.1) is 9.36 Å². The topological polar surface area (TPSA) is 0 Å². The normalized spacial score (nSPS) is 9.67. The minimum Gasteiger partial charge on any atom is -0.129 e. The first-order chi connectivity index (χ1) is 6.99. The highest BCUT2D eigenvalue weighted by atomic mass is 35.5. The van der Waals surface area contributed by atoms with E-state index in [9.17, 15) is 0 Å². The zero-order valence-corrected chi connectivity index (χ0v) is 12.1. The Morgan fingerprint density at radius 1 is 0.933 bits per heavy atom. The molecule has 0 atom stereocenters. The van der Waals surface area contributed by atoms with Crippen LogP contribution in [0.1, 0.15) is 9.75 Å². The Hall–Kier alpha value is 0.270. The fourth-order valence-electron chi connectivity index (χ4n) is 0.859. The highest BCUT2D eigenvalue weighted by molar-refractivity contribution is 7.17. The molecule has 0 bridgehead atoms. The minimum atomic E-state index is 0.661. The van der Waals surface area contributed by atoms with E-state index in [1.807, 2.05) is 32.0 Å². The van der Waals surface area contributed by atoms with Crippen molar-refractivity contribution in [2.45, 2.75) is 13.8 Å². The molecule has 2 aromatic rings. The van der Waals surface area contributed by atoms with Crippen LogP contribution < -0.4 is 0 Å². The third-order valence-corrected chi connectivity index (χ3v) is 4.40. The fraction of sp³-hybridized carbons (Fsp3) is 0.200. The van der Waals surface area contributed by atoms with Gasteiger partial charge >= 0.3 is 0 Å². The lowest BCUT2D eigenvalue weighted by atomic mass is 10.5. The summed E-state index contributed by atoms with van der Waals surface area (Å²) in [6, 6.07) is 5.77. The molecule has 0 saturated carbocycles. The van der Waals surface area contributed by atoms with Crippen molar-refractivity contribution >= 4 is 57.5 Å². The fourth-order valence-corrected chi connectivity index (χ4v) is 3.25. The molecule has 2 aromatic heterocycles. The summed E-state index contributed by atoms with van der Waals surface area (Å²) in [5.41, 5.74) is 0. The Labute approximate surface area is 112 Å². The van der Waals surface area contributed by atoms with Crippen molar-refractivity contribution in [3.8, 4) is 0 Å². The Balaban J connectivity index is 0.000000151. The van der Waals surface area contributed by atoms with Crippen molar-refractivity contribution in [2.24, 2.45) is 0 Å². The van der Waals surface area contributed by atoms with Crippen molar-refractivity contribution in [3.63, 3.8) is 0 Å². The number of thiophene rings is 2. The molecule has 0 amide bonds. The first kappa shape index (κ1) is 13.3. The molecule has 0 aliphatic rings. The van der Waals surface area contributed by atoms with Crippen molar-refractivity contribution in [1.82, 2.24) is 0 Å². The summed E-state index contributed by atoms with van der Waals surface area (Å²) in [5, 5.41) is 0.661. The number of halogens is 3. The summed E-state index contributed by atoms with van der Waals surface area (Å²) in [7, 11) is 0. The molecule has 0 radical (unpaired) electrons. The predicted molar refractivity (Wildman–Crippen MR) is 73.1 cm³/mol. The highest BCUT2D eigenvalue weighted by Gasteiger charge is 1.98. The number of hydrogen-bond donors (Lipinski definition) is 0. The molecule has 0 N–H and O–H groups in total. The second-order valence-corrected chi connectivity index (χ2v) is 7.01. The molecular weight excluding hydrogens is 291 g/mol. The number of rotatable bonds is 0. The lowest BCUT2D eigenvalue weighted by Crippen LogP contribution is -1.47. The van der Waals surface area contributed by atoms with Crippen LogP contribution in [-0.4, -0.2) is 0 Å². The molecule has 0 aliphatic carbocycles. The Bertz CT molecular complexity index is 396. The van der Waals surface area contributed by atoms with Gasteiger partial charge in [0.2, 0.25) is 0 Å². The van der Waals surface area contributed by atoms with Gasteiger partial charge in [-0.15, -0.1) is 22.7 Å². The van der Waals surface area contributed by atoms with Crippen LogP contribution in [0.15, 0.2) is 18.2 Å². The third kappa shape index (κ3) is 4.75. The van der Waals surface area contributed by atoms with E-state index in [0.717, 1.165) is 9.21 Å². The summed E-state index contributed by atoms with van der Waals surface area (Å²) in [5.74, 6) is 0. The SMILES string of the molecule is Cc1cc(Cl)c(Cl)s1.Cc1ccc(Cl)s1. The molecule has 0 saturated heterocycles. The van der Waals surface area contributed by atoms with Crippen LogP contribution in [0.4, 0.5) is 0 Å². The van der Waals surface area contributed by atoms with Crippen LogP contribution in [0.2, 0.25) is 13.7 Å². The maximum Gasteiger partial charge on any atom is 0.112 e. The van der Waals surface area contributed by atoms with Gasteiger partial charge < -0.3 is 0 Å². The average Bonchev–Trinajstić information content (AvgIpc) is 2.61. The Morgan fingerprint density at radius 2 is 1.60 bits per heavy atom. The minimum absolute atomic E-state index is 0.661. The molecule has 0 spiro atoms. The number of hydrogen-bond acceptors (Lipinski definition) is 2. The van der Waals surface area contributed by atoms with Crippen molar-refractivity contribution in [3.05, 3.63) is 41.6 Å². The molecule has 0 fully saturated rings. The van der Waals surface area contributed by atoms with Crippen LogP contribution in [0.3, 0.4) is 0 Å². The van der Waals surface area contributed by atoms with Crippen molar-refractivity contribution in [2.75, 3.05) is 0 Å². The first-order valence-corrected chi connectivity index (χ1v) is 6.89. The lowest BCUT2D eigenvalue weighted by Gasteiger charge is -1.73. The monoisotopic (exact) mass is 298 g/mol. The zero-order valence-electron chi connectivity index (χ0n) is 8.18. The van der Waals surface area contributed by atoms with Gasteiger partial charge in [0, 0.05) is 9.75 Å². The van der Waals surface area contributed by atoms with E-state index in [-0.39, 0.29) is 0 Å². The molecule has 15 heavy (non-hydrogen) atoms. The summed E-state index contributed by atoms with van der Waals surface area (Å²) in [6.45, 7) is 4.01. The average molecular weight is 300 g/mol. The van der Waals surface area contributed by atoms with E-state index in [4.69, 9.17) is 34.8 Å². The Morgan fingerprint density at radius 3 is 1.73 bits per heavy atom. The third-order valence-electron chi connectivity index (χ3n) is 1.48. The van der Waals surface area contributed by atoms with Gasteiger partial charge in [0.25, 0.3) is 0 Å². The second kappa shape index (κ2) is 6.12. The van der Waals surface area contributed by atoms with E-state index in [1.54, 1.807) is 11.3 Å². The van der Waals surface area contributed by atoms with Gasteiger partial charge in [0.1, 0.15) is 4.34 Å². The van der Waals surface area contributed by atoms with Gasteiger partial charge in [-0.1, -0.05) is 34.8 Å². The van der Waals surface area contributed by atoms with Crippen LogP contribution >= 0.6 is 57.5 Å². The van der Waals surface area contributed by atoms with E-state index in [1.165, 1.54) is 16.2 Å². The smallest absolute Gasteiger partial charge is 0.112 e. The molecule has 82 valence electrons. The molecular formula is C10H9Cl3S2. The molecule has 2 rings (SSSR count). The summed E-state index contributed by atoms with van der Waals surface area (Å²) in [6.07, 6.45) is 0. The van der Waals surface area contributed by atoms with E-state index >= 15 is 0 Å². The second-order valence-electron chi connectivity index (χ2n) is 2.83. The van der Waals surface area contributed by atoms with E-state index in [2.05, 4.69) is 0 Å². The summed E-state index contributed by atoms with van der Waals surface area (Å²) < 4.78 is 1.56. The van der Waals surface area contributed by atoms with E-state index < -0.39 is 0 Å². The van der Waals surface area contributed by atoms with E-state index in [0.29, 0.717) is 9.36 Å². The van der Waals surface area contributed by atoms with Gasteiger partial charge in [-0.2, -0.15) is 0 Å². The molecule has 0 aromatic carbocycles. The number of aryl methyl sites for hydroxylation is 2. The maximum absolute atomic E-state index is 5.62. The lowest BCUT2D eigenvalue weighted by molar-refractivity contribution is 1.64. The van der Waals surface area contributed by atoms with Crippen LogP contribution in [0.5, 0.6) is 0 Å². The molecule has 5 heteroatoms. The molecule has 2 heterocycles. The molecule has 0 unspecified atom stereocenters. The van der Waals surface area contributed by atoms with Gasteiger partial charge in [0.15, 0.2) is 0 Å². The van der Waals surface area contributed by atoms with Crippen molar-refractivity contribution in [1.29, 1.82) is 0 Å². The predicted octanol–water partition coefficient (Wildman–Crippen LogP) is 6.07. The Kier molecular flexibility index (Phi) is 5.44. The largest absolute Gasteiger partial charge is 0.129 e. The van der Waals surface area contributed by atoms with Crippen LogP contribution in [0.25, 0.3) is 0 Å². The maximum atomic E-state index is 5.62. The van der Waals surface area contributed by atoms with Gasteiger partial charge in [-0.25, -0.2) is 0 Å². The van der Waals surface area contributed by atoms with Gasteiger partial charge in [-0.05, 0) is 32.0 Å². The van der Waals surface area contributed by atoms with Crippen LogP contribution in [-0.2, 0) is 0 Å². The summed E-state index contributed by atoms with van der Waals surface area (Å²) in [4.78, 5) is 2.42. The first-order valence-electron chi connectivity index (χ1n) is 4.12. The molecule has 0 nitrogen and oxygen atoms in total. The quantitative estimate of drug-likeness (QED) is 0.553. The molecule has 0 aliphatic heterocycles. The zero-order chi connectivity index (χ0) is 11.4. The standard InChI is InChI=1S/C5H4Cl2S.C5H5ClS/c1-3-2-4(6)5(7)8-3;1-4-2-3-5(6)7-4/h2H,1H3;2-3H,1H3.